The van der Waals surface area contributed by atoms with E-state index in [4.69, 9.17) is 14.5 Å². The summed E-state index contributed by atoms with van der Waals surface area (Å²) in [5.74, 6) is 0. The Morgan fingerprint density at radius 1 is 1.12 bits per heavy atom. The Kier molecular flexibility index (Phi) is 8.19. The number of piperidine rings is 1. The van der Waals surface area contributed by atoms with Gasteiger partial charge in [-0.05, 0) is 70.7 Å². The second-order valence-corrected chi connectivity index (χ2v) is 19.0. The summed E-state index contributed by atoms with van der Waals surface area (Å²) in [4.78, 5) is 22.5. The van der Waals surface area contributed by atoms with Gasteiger partial charge in [0.1, 0.15) is 18.0 Å². The lowest BCUT2D eigenvalue weighted by molar-refractivity contribution is 0.0125. The van der Waals surface area contributed by atoms with Crippen LogP contribution in [-0.4, -0.2) is 76.2 Å². The van der Waals surface area contributed by atoms with Crippen LogP contribution in [0.2, 0.25) is 25.7 Å². The fraction of sp³-hybridized carbons (Fsp3) is 0.600. The van der Waals surface area contributed by atoms with E-state index >= 15 is 0 Å². The Labute approximate surface area is 238 Å². The summed E-state index contributed by atoms with van der Waals surface area (Å²) in [6.07, 6.45) is 9.55. The van der Waals surface area contributed by atoms with Crippen molar-refractivity contribution in [1.82, 2.24) is 24.6 Å². The molecule has 40 heavy (non-hydrogen) atoms. The van der Waals surface area contributed by atoms with Crippen LogP contribution >= 0.6 is 0 Å². The zero-order valence-corrected chi connectivity index (χ0v) is 25.9. The van der Waals surface area contributed by atoms with E-state index in [2.05, 4.69) is 51.6 Å². The minimum Gasteiger partial charge on any atom is -0.444 e. The van der Waals surface area contributed by atoms with Gasteiger partial charge in [0, 0.05) is 58.0 Å². The first-order valence-corrected chi connectivity index (χ1v) is 18.3. The molecule has 0 unspecified atom stereocenters. The third kappa shape index (κ3) is 6.83. The summed E-state index contributed by atoms with van der Waals surface area (Å²) >= 11 is 0. The normalized spacial score (nSPS) is 18.2. The van der Waals surface area contributed by atoms with Crippen LogP contribution in [0.5, 0.6) is 0 Å². The van der Waals surface area contributed by atoms with E-state index < -0.39 is 13.7 Å². The number of carbonyl (C=O) groups is 1. The summed E-state index contributed by atoms with van der Waals surface area (Å²) in [6, 6.07) is 7.50. The van der Waals surface area contributed by atoms with Crippen LogP contribution in [0.15, 0.2) is 36.8 Å². The van der Waals surface area contributed by atoms with Gasteiger partial charge in [-0.1, -0.05) is 19.6 Å². The average molecular weight is 565 g/mol. The number of hydrogen-bond acceptors (Lipinski definition) is 7. The molecule has 10 heteroatoms. The number of carbonyl (C=O) groups excluding carboxylic acids is 1. The molecule has 1 saturated carbocycles. The predicted octanol–water partition coefficient (Wildman–Crippen LogP) is 6.17. The topological polar surface area (TPSA) is 85.6 Å². The molecule has 0 N–H and O–H groups in total. The zero-order chi connectivity index (χ0) is 28.5. The SMILES string of the molecule is CC(C)(C)OC(=O)N(C1CC1)[C@H]1CCCN(c2ccnc3c2c(-c2cccnn2)cn3COCC[Si](C)(C)C)C1. The smallest absolute Gasteiger partial charge is 0.410 e. The third-order valence-corrected chi connectivity index (χ3v) is 9.19. The molecule has 0 radical (unpaired) electrons. The molecule has 1 atom stereocenters. The molecule has 1 saturated heterocycles. The Bertz CT molecular complexity index is 1310. The van der Waals surface area contributed by atoms with Crippen LogP contribution < -0.4 is 4.90 Å². The Morgan fingerprint density at radius 3 is 2.60 bits per heavy atom. The Morgan fingerprint density at radius 2 is 1.93 bits per heavy atom. The summed E-state index contributed by atoms with van der Waals surface area (Å²) < 4.78 is 14.1. The van der Waals surface area contributed by atoms with Gasteiger partial charge >= 0.3 is 6.09 Å². The molecule has 1 amide bonds. The average Bonchev–Trinajstić information content (AvgIpc) is 3.65. The molecule has 216 valence electrons. The molecule has 1 aliphatic carbocycles. The molecule has 5 rings (SSSR count). The van der Waals surface area contributed by atoms with Crippen LogP contribution in [0.25, 0.3) is 22.3 Å². The monoisotopic (exact) mass is 564 g/mol. The minimum atomic E-state index is -1.18. The maximum Gasteiger partial charge on any atom is 0.410 e. The van der Waals surface area contributed by atoms with E-state index in [1.54, 1.807) is 6.20 Å². The van der Waals surface area contributed by atoms with E-state index in [1.807, 2.05) is 44.0 Å². The summed E-state index contributed by atoms with van der Waals surface area (Å²) in [7, 11) is -1.18. The van der Waals surface area contributed by atoms with Gasteiger partial charge in [-0.15, -0.1) is 0 Å². The molecular weight excluding hydrogens is 520 g/mol. The molecule has 3 aromatic rings. The van der Waals surface area contributed by atoms with Crippen LogP contribution in [0, 0.1) is 0 Å². The van der Waals surface area contributed by atoms with Crippen LogP contribution in [0.4, 0.5) is 10.5 Å². The lowest BCUT2D eigenvalue weighted by Crippen LogP contribution is -2.52. The van der Waals surface area contributed by atoms with E-state index in [9.17, 15) is 4.79 Å². The molecule has 0 bridgehead atoms. The number of anilines is 1. The molecule has 1 aliphatic heterocycles. The fourth-order valence-electron chi connectivity index (χ4n) is 5.41. The van der Waals surface area contributed by atoms with Crippen LogP contribution in [0.1, 0.15) is 46.5 Å². The highest BCUT2D eigenvalue weighted by Gasteiger charge is 2.41. The van der Waals surface area contributed by atoms with Crippen molar-refractivity contribution in [2.45, 2.75) is 96.6 Å². The Hall–Kier alpha value is -2.98. The zero-order valence-electron chi connectivity index (χ0n) is 24.9. The maximum absolute atomic E-state index is 13.3. The summed E-state index contributed by atoms with van der Waals surface area (Å²) in [5.41, 5.74) is 3.27. The van der Waals surface area contributed by atoms with Crippen molar-refractivity contribution in [3.05, 3.63) is 36.8 Å². The van der Waals surface area contributed by atoms with Gasteiger partial charge in [0.05, 0.1) is 22.8 Å². The number of hydrogen-bond donors (Lipinski definition) is 0. The van der Waals surface area contributed by atoms with Crippen LogP contribution in [0.3, 0.4) is 0 Å². The molecule has 4 heterocycles. The standard InChI is InChI=1S/C30H44N6O3Si/c1-30(2,3)39-29(37)36(22-11-12-22)23-9-8-16-34(19-23)26-13-15-31-28-27(26)24(25-10-7-14-32-33-25)20-35(28)21-38-17-18-40(4,5)6/h7,10,13-15,20,22-23H,8-9,11-12,16-19,21H2,1-6H3/t23-/m0/s1. The first-order valence-electron chi connectivity index (χ1n) is 14.6. The van der Waals surface area contributed by atoms with Crippen molar-refractivity contribution >= 4 is 30.9 Å². The van der Waals surface area contributed by atoms with Crippen molar-refractivity contribution in [1.29, 1.82) is 0 Å². The molecule has 2 aliphatic rings. The first-order chi connectivity index (χ1) is 19.0. The highest BCUT2D eigenvalue weighted by Crippen LogP contribution is 2.38. The van der Waals surface area contributed by atoms with Gasteiger partial charge in [0.15, 0.2) is 0 Å². The highest BCUT2D eigenvalue weighted by atomic mass is 28.3. The van der Waals surface area contributed by atoms with Crippen molar-refractivity contribution in [2.75, 3.05) is 24.6 Å². The fourth-order valence-corrected chi connectivity index (χ4v) is 6.16. The maximum atomic E-state index is 13.3. The van der Waals surface area contributed by atoms with E-state index in [1.165, 1.54) is 0 Å². The lowest BCUT2D eigenvalue weighted by atomic mass is 10.0. The quantitative estimate of drug-likeness (QED) is 0.227. The van der Waals surface area contributed by atoms with Crippen molar-refractivity contribution < 1.29 is 14.3 Å². The number of fused-ring (bicyclic) bond motifs is 1. The van der Waals surface area contributed by atoms with E-state index in [0.29, 0.717) is 6.73 Å². The van der Waals surface area contributed by atoms with Gasteiger partial charge in [-0.25, -0.2) is 9.78 Å². The first kappa shape index (κ1) is 28.5. The van der Waals surface area contributed by atoms with Crippen molar-refractivity contribution in [3.8, 4) is 11.3 Å². The number of rotatable bonds is 9. The van der Waals surface area contributed by atoms with E-state index in [0.717, 1.165) is 79.4 Å². The molecule has 3 aromatic heterocycles. The molecule has 2 fully saturated rings. The second kappa shape index (κ2) is 11.5. The second-order valence-electron chi connectivity index (χ2n) is 13.4. The molecule has 9 nitrogen and oxygen atoms in total. The molecule has 0 spiro atoms. The number of amides is 1. The lowest BCUT2D eigenvalue weighted by Gasteiger charge is -2.41. The molecule has 0 aromatic carbocycles. The Balaban J connectivity index is 1.46. The number of pyridine rings is 1. The van der Waals surface area contributed by atoms with Crippen molar-refractivity contribution in [2.24, 2.45) is 0 Å². The molecular formula is C30H44N6O3Si. The summed E-state index contributed by atoms with van der Waals surface area (Å²) in [6.45, 7) is 15.7. The number of ether oxygens (including phenoxy) is 2. The summed E-state index contributed by atoms with van der Waals surface area (Å²) in [5, 5.41) is 9.65. The van der Waals surface area contributed by atoms with Gasteiger partial charge in [-0.3, -0.25) is 0 Å². The number of aromatic nitrogens is 4. The van der Waals surface area contributed by atoms with Gasteiger partial charge in [0.25, 0.3) is 0 Å². The van der Waals surface area contributed by atoms with Gasteiger partial charge in [-0.2, -0.15) is 10.2 Å². The third-order valence-electron chi connectivity index (χ3n) is 7.49. The van der Waals surface area contributed by atoms with E-state index in [-0.39, 0.29) is 18.2 Å². The minimum absolute atomic E-state index is 0.103. The largest absolute Gasteiger partial charge is 0.444 e. The van der Waals surface area contributed by atoms with Gasteiger partial charge < -0.3 is 23.8 Å². The number of nitrogens with zero attached hydrogens (tertiary/aromatic N) is 6. The van der Waals surface area contributed by atoms with Crippen LogP contribution in [-0.2, 0) is 16.2 Å². The highest BCUT2D eigenvalue weighted by molar-refractivity contribution is 6.76. The van der Waals surface area contributed by atoms with Gasteiger partial charge in [0.2, 0.25) is 0 Å². The van der Waals surface area contributed by atoms with Crippen molar-refractivity contribution in [3.63, 3.8) is 0 Å². The predicted molar refractivity (Wildman–Crippen MR) is 161 cm³/mol.